The van der Waals surface area contributed by atoms with Gasteiger partial charge in [-0.05, 0) is 13.0 Å². The van der Waals surface area contributed by atoms with Gasteiger partial charge in [-0.3, -0.25) is 9.59 Å². The molecule has 19 heavy (non-hydrogen) atoms. The molecule has 1 unspecified atom stereocenters. The summed E-state index contributed by atoms with van der Waals surface area (Å²) in [5, 5.41) is 19.1. The van der Waals surface area contributed by atoms with Gasteiger partial charge in [-0.15, -0.1) is 0 Å². The molecule has 0 saturated carbocycles. The Morgan fingerprint density at radius 2 is 1.74 bits per heavy atom. The molecule has 3 N–H and O–H groups in total. The van der Waals surface area contributed by atoms with E-state index < -0.39 is 46.6 Å². The Balaban J connectivity index is 3.08. The number of aromatic carboxylic acids is 1. The van der Waals surface area contributed by atoms with Crippen molar-refractivity contribution in [2.24, 2.45) is 5.92 Å². The fourth-order valence-corrected chi connectivity index (χ4v) is 1.16. The zero-order valence-corrected chi connectivity index (χ0v) is 9.61. The molecular weight excluding hydrogens is 264 g/mol. The van der Waals surface area contributed by atoms with E-state index in [4.69, 9.17) is 10.2 Å². The van der Waals surface area contributed by atoms with Crippen LogP contribution in [-0.2, 0) is 9.59 Å². The van der Waals surface area contributed by atoms with Crippen molar-refractivity contribution >= 4 is 23.5 Å². The van der Waals surface area contributed by atoms with Crippen molar-refractivity contribution in [3.8, 4) is 0 Å². The van der Waals surface area contributed by atoms with Crippen LogP contribution in [0.2, 0.25) is 0 Å². The second-order valence-electron chi connectivity index (χ2n) is 3.67. The van der Waals surface area contributed by atoms with Crippen molar-refractivity contribution in [1.82, 2.24) is 0 Å². The molecule has 0 bridgehead atoms. The molecule has 1 aromatic carbocycles. The maximum absolute atomic E-state index is 13.3. The van der Waals surface area contributed by atoms with E-state index >= 15 is 0 Å². The number of benzene rings is 1. The average molecular weight is 273 g/mol. The number of hydrogen-bond acceptors (Lipinski definition) is 3. The Kier molecular flexibility index (Phi) is 4.15. The second kappa shape index (κ2) is 5.42. The lowest BCUT2D eigenvalue weighted by molar-refractivity contribution is -0.144. The van der Waals surface area contributed by atoms with Crippen LogP contribution in [0.4, 0.5) is 14.5 Å². The summed E-state index contributed by atoms with van der Waals surface area (Å²) < 4.78 is 26.4. The molecule has 1 aromatic rings. The molecule has 0 saturated heterocycles. The minimum atomic E-state index is -1.64. The van der Waals surface area contributed by atoms with Crippen molar-refractivity contribution in [1.29, 1.82) is 0 Å². The Labute approximate surface area is 105 Å². The molecule has 0 aliphatic heterocycles. The van der Waals surface area contributed by atoms with Crippen LogP contribution < -0.4 is 5.32 Å². The number of carboxylic acid groups (broad SMARTS) is 2. The molecular formula is C11H9F2NO5. The van der Waals surface area contributed by atoms with Crippen molar-refractivity contribution in [3.63, 3.8) is 0 Å². The van der Waals surface area contributed by atoms with Crippen LogP contribution in [0.1, 0.15) is 17.3 Å². The molecule has 6 nitrogen and oxygen atoms in total. The monoisotopic (exact) mass is 273 g/mol. The summed E-state index contributed by atoms with van der Waals surface area (Å²) in [6.45, 7) is 1.07. The number of carbonyl (C=O) groups excluding carboxylic acids is 1. The van der Waals surface area contributed by atoms with Crippen LogP contribution in [0.5, 0.6) is 0 Å². The van der Waals surface area contributed by atoms with Gasteiger partial charge in [-0.25, -0.2) is 13.6 Å². The summed E-state index contributed by atoms with van der Waals surface area (Å²) in [5.41, 5.74) is -1.43. The van der Waals surface area contributed by atoms with Gasteiger partial charge in [0.1, 0.15) is 17.6 Å². The maximum Gasteiger partial charge on any atom is 0.338 e. The molecule has 0 spiro atoms. The Bertz CT molecular complexity index is 558. The van der Waals surface area contributed by atoms with Crippen LogP contribution in [0, 0.1) is 17.6 Å². The van der Waals surface area contributed by atoms with Gasteiger partial charge in [0, 0.05) is 6.07 Å². The number of rotatable bonds is 4. The number of aliphatic carboxylic acids is 1. The SMILES string of the molecule is CC(C(=O)O)C(=O)Nc1cc(C(=O)O)c(F)cc1F. The lowest BCUT2D eigenvalue weighted by atomic mass is 10.1. The highest BCUT2D eigenvalue weighted by atomic mass is 19.1. The molecule has 1 rings (SSSR count). The fraction of sp³-hybridized carbons (Fsp3) is 0.182. The Morgan fingerprint density at radius 3 is 2.21 bits per heavy atom. The third-order valence-electron chi connectivity index (χ3n) is 2.31. The summed E-state index contributed by atoms with van der Waals surface area (Å²) in [5.74, 6) is -8.08. The average Bonchev–Trinajstić information content (AvgIpc) is 2.30. The topological polar surface area (TPSA) is 104 Å². The van der Waals surface area contributed by atoms with Crippen LogP contribution >= 0.6 is 0 Å². The van der Waals surface area contributed by atoms with Gasteiger partial charge < -0.3 is 15.5 Å². The van der Waals surface area contributed by atoms with Gasteiger partial charge in [0.2, 0.25) is 5.91 Å². The lowest BCUT2D eigenvalue weighted by Gasteiger charge is -2.10. The lowest BCUT2D eigenvalue weighted by Crippen LogP contribution is -2.27. The highest BCUT2D eigenvalue weighted by molar-refractivity contribution is 6.04. The van der Waals surface area contributed by atoms with E-state index in [2.05, 4.69) is 0 Å². The summed E-state index contributed by atoms with van der Waals surface area (Å²) in [4.78, 5) is 32.6. The minimum Gasteiger partial charge on any atom is -0.481 e. The van der Waals surface area contributed by atoms with Gasteiger partial charge in [0.15, 0.2) is 0 Å². The largest absolute Gasteiger partial charge is 0.481 e. The van der Waals surface area contributed by atoms with E-state index in [1.54, 1.807) is 0 Å². The van der Waals surface area contributed by atoms with E-state index in [0.29, 0.717) is 12.1 Å². The predicted molar refractivity (Wildman–Crippen MR) is 58.7 cm³/mol. The number of carboxylic acids is 2. The molecule has 1 amide bonds. The first kappa shape index (κ1) is 14.6. The highest BCUT2D eigenvalue weighted by Crippen LogP contribution is 2.20. The number of nitrogens with one attached hydrogen (secondary N) is 1. The van der Waals surface area contributed by atoms with Crippen LogP contribution in [0.25, 0.3) is 0 Å². The molecule has 0 aromatic heterocycles. The summed E-state index contributed by atoms with van der Waals surface area (Å²) in [7, 11) is 0. The number of anilines is 1. The first-order chi connectivity index (χ1) is 8.73. The smallest absolute Gasteiger partial charge is 0.338 e. The summed E-state index contributed by atoms with van der Waals surface area (Å²) in [6, 6.07) is 0.879. The zero-order valence-electron chi connectivity index (χ0n) is 9.61. The highest BCUT2D eigenvalue weighted by Gasteiger charge is 2.23. The standard InChI is InChI=1S/C11H9F2NO5/c1-4(10(16)17)9(15)14-8-2-5(11(18)19)6(12)3-7(8)13/h2-4H,1H3,(H,14,15)(H,16,17)(H,18,19). The zero-order chi connectivity index (χ0) is 14.7. The van der Waals surface area contributed by atoms with Gasteiger partial charge in [-0.1, -0.05) is 0 Å². The van der Waals surface area contributed by atoms with Crippen LogP contribution in [-0.4, -0.2) is 28.1 Å². The van der Waals surface area contributed by atoms with Crippen molar-refractivity contribution in [3.05, 3.63) is 29.3 Å². The molecule has 102 valence electrons. The molecule has 8 heteroatoms. The molecule has 1 atom stereocenters. The van der Waals surface area contributed by atoms with Crippen molar-refractivity contribution in [2.45, 2.75) is 6.92 Å². The number of carbonyl (C=O) groups is 3. The first-order valence-electron chi connectivity index (χ1n) is 5.00. The third kappa shape index (κ3) is 3.24. The van der Waals surface area contributed by atoms with Crippen LogP contribution in [0.15, 0.2) is 12.1 Å². The van der Waals surface area contributed by atoms with Crippen molar-refractivity contribution < 1.29 is 33.4 Å². The fourth-order valence-electron chi connectivity index (χ4n) is 1.16. The minimum absolute atomic E-state index is 0.296. The van der Waals surface area contributed by atoms with Crippen LogP contribution in [0.3, 0.4) is 0 Å². The first-order valence-corrected chi connectivity index (χ1v) is 5.00. The predicted octanol–water partition coefficient (Wildman–Crippen LogP) is 1.32. The molecule has 0 fully saturated rings. The van der Waals surface area contributed by atoms with E-state index in [1.807, 2.05) is 5.32 Å². The molecule has 0 aliphatic carbocycles. The molecule has 0 aliphatic rings. The van der Waals surface area contributed by atoms with E-state index in [9.17, 15) is 23.2 Å². The maximum atomic E-state index is 13.3. The Morgan fingerprint density at radius 1 is 1.16 bits per heavy atom. The van der Waals surface area contributed by atoms with Gasteiger partial charge in [0.05, 0.1) is 11.3 Å². The molecule has 0 heterocycles. The van der Waals surface area contributed by atoms with Crippen molar-refractivity contribution in [2.75, 3.05) is 5.32 Å². The normalized spacial score (nSPS) is 11.7. The summed E-state index contributed by atoms with van der Waals surface area (Å²) in [6.07, 6.45) is 0. The summed E-state index contributed by atoms with van der Waals surface area (Å²) >= 11 is 0. The second-order valence-corrected chi connectivity index (χ2v) is 3.67. The van der Waals surface area contributed by atoms with E-state index in [0.717, 1.165) is 6.92 Å². The quantitative estimate of drug-likeness (QED) is 0.718. The Hall–Kier alpha value is -2.51. The van der Waals surface area contributed by atoms with Gasteiger partial charge in [-0.2, -0.15) is 0 Å². The number of amides is 1. The van der Waals surface area contributed by atoms with Gasteiger partial charge >= 0.3 is 11.9 Å². The number of halogens is 2. The van der Waals surface area contributed by atoms with Gasteiger partial charge in [0.25, 0.3) is 0 Å². The van der Waals surface area contributed by atoms with E-state index in [1.165, 1.54) is 0 Å². The third-order valence-corrected chi connectivity index (χ3v) is 2.31. The number of hydrogen-bond donors (Lipinski definition) is 3. The molecule has 0 radical (unpaired) electrons. The van der Waals surface area contributed by atoms with E-state index in [-0.39, 0.29) is 0 Å².